The van der Waals surface area contributed by atoms with Gasteiger partial charge in [-0.2, -0.15) is 5.26 Å². The molecule has 1 aromatic rings. The van der Waals surface area contributed by atoms with Crippen LogP contribution in [0.3, 0.4) is 0 Å². The van der Waals surface area contributed by atoms with E-state index in [0.29, 0.717) is 24.0 Å². The van der Waals surface area contributed by atoms with Crippen molar-refractivity contribution in [2.24, 2.45) is 17.8 Å². The van der Waals surface area contributed by atoms with Crippen LogP contribution in [0, 0.1) is 40.7 Å². The molecule has 0 radical (unpaired) electrons. The molecule has 0 spiro atoms. The molecule has 32 heavy (non-hydrogen) atoms. The monoisotopic (exact) mass is 443 g/mol. The van der Waals surface area contributed by atoms with Crippen molar-refractivity contribution in [3.8, 4) is 6.07 Å². The fraction of sp³-hybridized carbons (Fsp3) is 0.679. The lowest BCUT2D eigenvalue weighted by Gasteiger charge is -2.32. The summed E-state index contributed by atoms with van der Waals surface area (Å²) in [6.45, 7) is 2.91. The molecule has 0 saturated heterocycles. The van der Waals surface area contributed by atoms with Gasteiger partial charge in [0.05, 0.1) is 12.7 Å². The summed E-state index contributed by atoms with van der Waals surface area (Å²) in [7, 11) is 0. The van der Waals surface area contributed by atoms with Crippen LogP contribution in [0.15, 0.2) is 24.3 Å². The first kappa shape index (κ1) is 24.9. The Labute approximate surface area is 193 Å². The van der Waals surface area contributed by atoms with Gasteiger partial charge < -0.3 is 4.74 Å². The highest BCUT2D eigenvalue weighted by molar-refractivity contribution is 5.35. The molecular formula is C28H39F2NO. The van der Waals surface area contributed by atoms with Crippen LogP contribution in [0.1, 0.15) is 95.1 Å². The molecule has 0 atom stereocenters. The van der Waals surface area contributed by atoms with Crippen LogP contribution < -0.4 is 0 Å². The van der Waals surface area contributed by atoms with Crippen molar-refractivity contribution in [2.75, 3.05) is 6.61 Å². The van der Waals surface area contributed by atoms with E-state index >= 15 is 0 Å². The molecule has 2 saturated carbocycles. The second kappa shape index (κ2) is 13.1. The first-order valence-electron chi connectivity index (χ1n) is 12.7. The van der Waals surface area contributed by atoms with Gasteiger partial charge in [-0.05, 0) is 80.4 Å². The first-order chi connectivity index (χ1) is 15.6. The average Bonchev–Trinajstić information content (AvgIpc) is 2.80. The zero-order chi connectivity index (χ0) is 22.8. The number of hydrogen-bond acceptors (Lipinski definition) is 2. The molecule has 0 bridgehead atoms. The number of allylic oxidation sites excluding steroid dienone is 1. The van der Waals surface area contributed by atoms with E-state index in [2.05, 4.69) is 19.1 Å². The van der Waals surface area contributed by atoms with Gasteiger partial charge in [-0.1, -0.05) is 57.6 Å². The average molecular weight is 444 g/mol. The molecule has 3 rings (SSSR count). The summed E-state index contributed by atoms with van der Waals surface area (Å²) < 4.78 is 33.6. The van der Waals surface area contributed by atoms with Crippen molar-refractivity contribution < 1.29 is 13.5 Å². The summed E-state index contributed by atoms with van der Waals surface area (Å²) in [6, 6.07) is 4.25. The zero-order valence-electron chi connectivity index (χ0n) is 19.6. The fourth-order valence-corrected chi connectivity index (χ4v) is 5.54. The minimum Gasteiger partial charge on any atom is -0.374 e. The second-order valence-corrected chi connectivity index (χ2v) is 9.90. The molecule has 2 nitrogen and oxygen atoms in total. The number of nitrogens with zero attached hydrogens (tertiary/aromatic N) is 1. The largest absolute Gasteiger partial charge is 0.374 e. The molecule has 2 aliphatic carbocycles. The Balaban J connectivity index is 1.29. The van der Waals surface area contributed by atoms with Gasteiger partial charge in [-0.3, -0.25) is 0 Å². The minimum atomic E-state index is -0.736. The maximum absolute atomic E-state index is 13.8. The quantitative estimate of drug-likeness (QED) is 0.344. The lowest BCUT2D eigenvalue weighted by atomic mass is 9.75. The van der Waals surface area contributed by atoms with Crippen molar-refractivity contribution in [1.29, 1.82) is 5.26 Å². The van der Waals surface area contributed by atoms with Crippen molar-refractivity contribution >= 4 is 0 Å². The topological polar surface area (TPSA) is 33.0 Å². The number of ether oxygens (including phenoxy) is 1. The normalized spacial score (nSPS) is 26.3. The van der Waals surface area contributed by atoms with Gasteiger partial charge >= 0.3 is 0 Å². The summed E-state index contributed by atoms with van der Waals surface area (Å²) in [4.78, 5) is 0. The fourth-order valence-electron chi connectivity index (χ4n) is 5.54. The third-order valence-electron chi connectivity index (χ3n) is 7.63. The summed E-state index contributed by atoms with van der Waals surface area (Å²) in [6.07, 6.45) is 20.4. The molecule has 0 heterocycles. The van der Waals surface area contributed by atoms with Crippen LogP contribution in [0.5, 0.6) is 0 Å². The van der Waals surface area contributed by atoms with Gasteiger partial charge in [0.15, 0.2) is 0 Å². The van der Waals surface area contributed by atoms with Crippen molar-refractivity contribution in [3.63, 3.8) is 0 Å². The Morgan fingerprint density at radius 3 is 1.94 bits per heavy atom. The SMILES string of the molecule is CC/C=C/COC1CCC(CCC2CCC(CCc3cc(F)c(C#N)c(F)c3)CC2)CC1. The Morgan fingerprint density at radius 2 is 1.41 bits per heavy atom. The van der Waals surface area contributed by atoms with Crippen LogP contribution in [0.25, 0.3) is 0 Å². The number of aryl methyl sites for hydroxylation is 1. The maximum atomic E-state index is 13.8. The Bertz CT molecular complexity index is 745. The number of hydrogen-bond donors (Lipinski definition) is 0. The van der Waals surface area contributed by atoms with E-state index in [-0.39, 0.29) is 0 Å². The van der Waals surface area contributed by atoms with Gasteiger partial charge in [0.25, 0.3) is 0 Å². The molecule has 0 unspecified atom stereocenters. The summed E-state index contributed by atoms with van der Waals surface area (Å²) in [5.41, 5.74) is 0.196. The molecule has 0 aliphatic heterocycles. The zero-order valence-corrected chi connectivity index (χ0v) is 19.6. The number of benzene rings is 1. The van der Waals surface area contributed by atoms with E-state index in [9.17, 15) is 8.78 Å². The molecule has 4 heteroatoms. The van der Waals surface area contributed by atoms with Crippen molar-refractivity contribution in [3.05, 3.63) is 47.0 Å². The lowest BCUT2D eigenvalue weighted by molar-refractivity contribution is 0.0324. The van der Waals surface area contributed by atoms with Crippen LogP contribution in [-0.4, -0.2) is 12.7 Å². The molecule has 176 valence electrons. The maximum Gasteiger partial charge on any atom is 0.144 e. The Morgan fingerprint density at radius 1 is 0.875 bits per heavy atom. The van der Waals surface area contributed by atoms with Gasteiger partial charge in [-0.15, -0.1) is 0 Å². The number of halogens is 2. The molecule has 2 aliphatic rings. The van der Waals surface area contributed by atoms with Crippen molar-refractivity contribution in [2.45, 2.75) is 96.5 Å². The smallest absolute Gasteiger partial charge is 0.144 e. The first-order valence-corrected chi connectivity index (χ1v) is 12.7. The van der Waals surface area contributed by atoms with E-state index in [1.165, 1.54) is 76.3 Å². The van der Waals surface area contributed by atoms with Crippen LogP contribution in [0.2, 0.25) is 0 Å². The molecule has 0 amide bonds. The van der Waals surface area contributed by atoms with Gasteiger partial charge in [-0.25, -0.2) is 8.78 Å². The number of nitriles is 1. The molecule has 2 fully saturated rings. The predicted octanol–water partition coefficient (Wildman–Crippen LogP) is 7.90. The number of rotatable bonds is 10. The van der Waals surface area contributed by atoms with Crippen LogP contribution in [-0.2, 0) is 11.2 Å². The highest BCUT2D eigenvalue weighted by Crippen LogP contribution is 2.37. The Hall–Kier alpha value is -1.73. The van der Waals surface area contributed by atoms with E-state index in [1.807, 2.05) is 0 Å². The van der Waals surface area contributed by atoms with E-state index in [1.54, 1.807) is 6.07 Å². The van der Waals surface area contributed by atoms with Crippen LogP contribution >= 0.6 is 0 Å². The third-order valence-corrected chi connectivity index (χ3v) is 7.63. The Kier molecular flexibility index (Phi) is 10.2. The molecular weight excluding hydrogens is 404 g/mol. The molecule has 1 aromatic carbocycles. The van der Waals surface area contributed by atoms with E-state index < -0.39 is 17.2 Å². The predicted molar refractivity (Wildman–Crippen MR) is 125 cm³/mol. The van der Waals surface area contributed by atoms with Gasteiger partial charge in [0, 0.05) is 0 Å². The second-order valence-electron chi connectivity index (χ2n) is 9.90. The molecule has 0 N–H and O–H groups in total. The van der Waals surface area contributed by atoms with Crippen LogP contribution in [0.4, 0.5) is 8.78 Å². The third kappa shape index (κ3) is 7.69. The lowest BCUT2D eigenvalue weighted by Crippen LogP contribution is -2.22. The standard InChI is InChI=1S/C28H39F2NO/c1-2-3-4-17-32-25-15-13-23(14-16-25)10-9-21-5-7-22(8-6-21)11-12-24-18-27(29)26(20-31)28(30)19-24/h3-4,18-19,21-23,25H,2,5-17H2,1H3/b4-3+. The highest BCUT2D eigenvalue weighted by Gasteiger charge is 2.25. The summed E-state index contributed by atoms with van der Waals surface area (Å²) in [5.74, 6) is 0.909. The van der Waals surface area contributed by atoms with Crippen molar-refractivity contribution in [1.82, 2.24) is 0 Å². The molecule has 0 aromatic heterocycles. The van der Waals surface area contributed by atoms with E-state index in [4.69, 9.17) is 10.00 Å². The summed E-state index contributed by atoms with van der Waals surface area (Å²) in [5, 5.41) is 8.80. The minimum absolute atomic E-state index is 0.459. The summed E-state index contributed by atoms with van der Waals surface area (Å²) >= 11 is 0. The van der Waals surface area contributed by atoms with E-state index in [0.717, 1.165) is 31.3 Å². The van der Waals surface area contributed by atoms with Gasteiger partial charge in [0.1, 0.15) is 23.3 Å². The van der Waals surface area contributed by atoms with Gasteiger partial charge in [0.2, 0.25) is 0 Å². The highest BCUT2D eigenvalue weighted by atomic mass is 19.1.